The third kappa shape index (κ3) is 7.03. The number of methoxy groups -OCH3 is 1. The molecule has 0 radical (unpaired) electrons. The summed E-state index contributed by atoms with van der Waals surface area (Å²) in [7, 11) is 1.60. The van der Waals surface area contributed by atoms with Crippen LogP contribution in [0.25, 0.3) is 0 Å². The average Bonchev–Trinajstić information content (AvgIpc) is 2.60. The number of nitrogens with zero attached hydrogens (tertiary/aromatic N) is 2. The summed E-state index contributed by atoms with van der Waals surface area (Å²) >= 11 is 0. The number of aryl methyl sites for hydroxylation is 1. The van der Waals surface area contributed by atoms with Gasteiger partial charge in [0.05, 0.1) is 0 Å². The number of piperazine rings is 1. The van der Waals surface area contributed by atoms with Crippen LogP contribution in [-0.4, -0.2) is 62.7 Å². The van der Waals surface area contributed by atoms with Gasteiger partial charge in [0.1, 0.15) is 12.3 Å². The predicted octanol–water partition coefficient (Wildman–Crippen LogP) is 3.26. The van der Waals surface area contributed by atoms with Crippen molar-refractivity contribution in [3.05, 3.63) is 29.8 Å². The zero-order chi connectivity index (χ0) is 19.9. The highest BCUT2D eigenvalue weighted by molar-refractivity contribution is 5.67. The fourth-order valence-electron chi connectivity index (χ4n) is 3.33. The summed E-state index contributed by atoms with van der Waals surface area (Å²) < 4.78 is 10.7. The first kappa shape index (κ1) is 21.5. The van der Waals surface area contributed by atoms with Crippen LogP contribution in [0.2, 0.25) is 0 Å². The van der Waals surface area contributed by atoms with Gasteiger partial charge < -0.3 is 19.7 Å². The van der Waals surface area contributed by atoms with Crippen LogP contribution in [0.3, 0.4) is 0 Å². The number of amides is 1. The minimum absolute atomic E-state index is 0.242. The zero-order valence-corrected chi connectivity index (χ0v) is 17.5. The van der Waals surface area contributed by atoms with Crippen LogP contribution in [0.15, 0.2) is 24.3 Å². The lowest BCUT2D eigenvalue weighted by atomic mass is 10.0. The van der Waals surface area contributed by atoms with Crippen molar-refractivity contribution in [2.45, 2.75) is 52.2 Å². The number of hydrogen-bond acceptors (Lipinski definition) is 5. The molecule has 27 heavy (non-hydrogen) atoms. The highest BCUT2D eigenvalue weighted by Crippen LogP contribution is 2.23. The lowest BCUT2D eigenvalue weighted by molar-refractivity contribution is -0.00310. The molecule has 6 nitrogen and oxygen atoms in total. The topological polar surface area (TPSA) is 54.0 Å². The van der Waals surface area contributed by atoms with Gasteiger partial charge in [0.25, 0.3) is 0 Å². The predicted molar refractivity (Wildman–Crippen MR) is 109 cm³/mol. The molecule has 2 rings (SSSR count). The Bertz CT molecular complexity index is 601. The highest BCUT2D eigenvalue weighted by atomic mass is 16.6. The fourth-order valence-corrected chi connectivity index (χ4v) is 3.33. The first-order chi connectivity index (χ1) is 12.8. The third-order valence-corrected chi connectivity index (χ3v) is 4.51. The first-order valence-electron chi connectivity index (χ1n) is 9.83. The van der Waals surface area contributed by atoms with Crippen molar-refractivity contribution in [2.24, 2.45) is 0 Å². The van der Waals surface area contributed by atoms with Gasteiger partial charge in [-0.25, -0.2) is 4.79 Å². The lowest BCUT2D eigenvalue weighted by Crippen LogP contribution is -2.49. The summed E-state index contributed by atoms with van der Waals surface area (Å²) in [5, 5.41) is 3.49. The molecule has 1 N–H and O–H groups in total. The number of nitrogens with one attached hydrogen (secondary N) is 1. The van der Waals surface area contributed by atoms with Crippen molar-refractivity contribution >= 4 is 11.8 Å². The van der Waals surface area contributed by atoms with Crippen LogP contribution >= 0.6 is 0 Å². The van der Waals surface area contributed by atoms with Crippen LogP contribution < -0.4 is 10.2 Å². The van der Waals surface area contributed by atoms with Gasteiger partial charge in [-0.05, 0) is 52.2 Å². The summed E-state index contributed by atoms with van der Waals surface area (Å²) in [4.78, 5) is 16.4. The van der Waals surface area contributed by atoms with Gasteiger partial charge in [0.15, 0.2) is 0 Å². The molecule has 1 atom stereocenters. The average molecular weight is 378 g/mol. The Morgan fingerprint density at radius 3 is 2.74 bits per heavy atom. The number of rotatable bonds is 7. The third-order valence-electron chi connectivity index (χ3n) is 4.51. The van der Waals surface area contributed by atoms with E-state index < -0.39 is 5.60 Å². The second kappa shape index (κ2) is 9.95. The summed E-state index contributed by atoms with van der Waals surface area (Å²) in [6, 6.07) is 9.08. The van der Waals surface area contributed by atoms with E-state index >= 15 is 0 Å². The summed E-state index contributed by atoms with van der Waals surface area (Å²) in [6.45, 7) is 11.7. The highest BCUT2D eigenvalue weighted by Gasteiger charge is 2.22. The van der Waals surface area contributed by atoms with Crippen molar-refractivity contribution in [3.63, 3.8) is 0 Å². The van der Waals surface area contributed by atoms with E-state index in [-0.39, 0.29) is 12.8 Å². The van der Waals surface area contributed by atoms with Gasteiger partial charge in [0.2, 0.25) is 0 Å². The Morgan fingerprint density at radius 2 is 2.07 bits per heavy atom. The number of carbonyl (C=O) groups is 1. The van der Waals surface area contributed by atoms with Crippen LogP contribution in [0, 0.1) is 0 Å². The molecule has 1 fully saturated rings. The molecule has 6 heteroatoms. The van der Waals surface area contributed by atoms with E-state index in [0.29, 0.717) is 12.6 Å². The van der Waals surface area contributed by atoms with Crippen molar-refractivity contribution in [2.75, 3.05) is 44.9 Å². The second-order valence-electron chi connectivity index (χ2n) is 8.20. The molecule has 0 unspecified atom stereocenters. The van der Waals surface area contributed by atoms with Crippen molar-refractivity contribution in [3.8, 4) is 0 Å². The maximum absolute atomic E-state index is 12.4. The Kier molecular flexibility index (Phi) is 7.92. The van der Waals surface area contributed by atoms with Crippen LogP contribution in [0.4, 0.5) is 10.5 Å². The molecule has 152 valence electrons. The van der Waals surface area contributed by atoms with Gasteiger partial charge in [-0.3, -0.25) is 4.90 Å². The number of para-hydroxylation sites is 1. The smallest absolute Gasteiger partial charge is 0.412 e. The molecular weight excluding hydrogens is 342 g/mol. The number of ether oxygens (including phenoxy) is 2. The fraction of sp³-hybridized carbons (Fsp3) is 0.667. The second-order valence-corrected chi connectivity index (χ2v) is 8.20. The molecular formula is C21H35N3O3. The zero-order valence-electron chi connectivity index (χ0n) is 17.5. The van der Waals surface area contributed by atoms with Gasteiger partial charge in [-0.1, -0.05) is 18.2 Å². The van der Waals surface area contributed by atoms with Crippen molar-refractivity contribution in [1.82, 2.24) is 10.2 Å². The Labute approximate surface area is 163 Å². The molecule has 1 aliphatic rings. The minimum atomic E-state index is -0.505. The van der Waals surface area contributed by atoms with E-state index in [2.05, 4.69) is 41.4 Å². The van der Waals surface area contributed by atoms with Gasteiger partial charge in [0, 0.05) is 45.0 Å². The van der Waals surface area contributed by atoms with Crippen LogP contribution in [0.5, 0.6) is 0 Å². The van der Waals surface area contributed by atoms with Gasteiger partial charge in [-0.2, -0.15) is 0 Å². The number of carbonyl (C=O) groups excluding carboxylic acids is 1. The summed E-state index contributed by atoms with van der Waals surface area (Å²) in [6.07, 6.45) is 1.45. The molecule has 1 amide bonds. The molecule has 0 saturated carbocycles. The molecule has 1 aromatic carbocycles. The maximum atomic E-state index is 12.4. The Morgan fingerprint density at radius 1 is 1.33 bits per heavy atom. The molecule has 1 heterocycles. The van der Waals surface area contributed by atoms with Gasteiger partial charge >= 0.3 is 6.09 Å². The quantitative estimate of drug-likeness (QED) is 0.739. The first-order valence-corrected chi connectivity index (χ1v) is 9.83. The lowest BCUT2D eigenvalue weighted by Gasteiger charge is -2.35. The number of benzene rings is 1. The molecule has 1 aromatic rings. The standard InChI is InChI=1S/C21H35N3O3/c1-17-15-23(14-12-22-17)19-11-7-6-9-18(19)10-8-13-24(16-26-5)20(25)27-21(2,3)4/h6-7,9,11,17,22H,8,10,12-16H2,1-5H3/t17-/m1/s1. The van der Waals surface area contributed by atoms with Gasteiger partial charge in [-0.15, -0.1) is 0 Å². The van der Waals surface area contributed by atoms with E-state index in [0.717, 1.165) is 32.5 Å². The summed E-state index contributed by atoms with van der Waals surface area (Å²) in [5.74, 6) is 0. The van der Waals surface area contributed by atoms with E-state index in [1.807, 2.05) is 20.8 Å². The Hall–Kier alpha value is -1.79. The van der Waals surface area contributed by atoms with E-state index in [1.54, 1.807) is 12.0 Å². The van der Waals surface area contributed by atoms with Crippen molar-refractivity contribution < 1.29 is 14.3 Å². The molecule has 1 saturated heterocycles. The summed E-state index contributed by atoms with van der Waals surface area (Å²) in [5.41, 5.74) is 2.13. The number of hydrogen-bond donors (Lipinski definition) is 1. The van der Waals surface area contributed by atoms with Crippen molar-refractivity contribution in [1.29, 1.82) is 0 Å². The van der Waals surface area contributed by atoms with E-state index in [9.17, 15) is 4.79 Å². The normalized spacial score (nSPS) is 17.7. The SMILES string of the molecule is COCN(CCCc1ccccc1N1CCN[C@H](C)C1)C(=O)OC(C)(C)C. The monoisotopic (exact) mass is 377 g/mol. The maximum Gasteiger partial charge on any atom is 0.412 e. The number of anilines is 1. The molecule has 0 aromatic heterocycles. The molecule has 1 aliphatic heterocycles. The minimum Gasteiger partial charge on any atom is -0.444 e. The molecule has 0 bridgehead atoms. The van der Waals surface area contributed by atoms with E-state index in [4.69, 9.17) is 9.47 Å². The van der Waals surface area contributed by atoms with E-state index in [1.165, 1.54) is 11.3 Å². The Balaban J connectivity index is 1.96. The molecule has 0 spiro atoms. The molecule has 0 aliphatic carbocycles. The van der Waals surface area contributed by atoms with Crippen LogP contribution in [-0.2, 0) is 15.9 Å². The largest absolute Gasteiger partial charge is 0.444 e. The van der Waals surface area contributed by atoms with Crippen LogP contribution in [0.1, 0.15) is 39.7 Å².